The summed E-state index contributed by atoms with van der Waals surface area (Å²) in [6.07, 6.45) is 14.1. The summed E-state index contributed by atoms with van der Waals surface area (Å²) >= 11 is 0. The Hall–Kier alpha value is -1.37. The molecule has 0 aromatic carbocycles. The molecule has 0 aromatic heterocycles. The largest absolute Gasteiger partial charge is 0.326 e. The van der Waals surface area contributed by atoms with Crippen molar-refractivity contribution in [3.8, 4) is 0 Å². The van der Waals surface area contributed by atoms with Crippen LogP contribution in [0.3, 0.4) is 0 Å². The molecule has 0 saturated heterocycles. The van der Waals surface area contributed by atoms with Crippen LogP contribution in [0.15, 0.2) is 46.2 Å². The van der Waals surface area contributed by atoms with Crippen molar-refractivity contribution in [2.24, 2.45) is 16.6 Å². The van der Waals surface area contributed by atoms with Gasteiger partial charge in [0.15, 0.2) is 0 Å². The second-order valence-electron chi connectivity index (χ2n) is 5.90. The van der Waals surface area contributed by atoms with Crippen LogP contribution in [0.1, 0.15) is 52.9 Å². The first kappa shape index (κ1) is 17.7. The highest BCUT2D eigenvalue weighted by molar-refractivity contribution is 5.84. The van der Waals surface area contributed by atoms with Gasteiger partial charge < -0.3 is 5.73 Å². The van der Waals surface area contributed by atoms with Gasteiger partial charge in [-0.3, -0.25) is 4.99 Å². The van der Waals surface area contributed by atoms with Gasteiger partial charge in [-0.15, -0.1) is 5.73 Å². The van der Waals surface area contributed by atoms with E-state index in [4.69, 9.17) is 5.73 Å². The van der Waals surface area contributed by atoms with Gasteiger partial charge in [-0.2, -0.15) is 0 Å². The van der Waals surface area contributed by atoms with Crippen LogP contribution in [-0.2, 0) is 0 Å². The molecule has 0 atom stereocenters. The molecule has 0 heterocycles. The molecule has 1 saturated carbocycles. The van der Waals surface area contributed by atoms with Crippen LogP contribution in [0.4, 0.5) is 0 Å². The maximum absolute atomic E-state index is 5.40. The van der Waals surface area contributed by atoms with E-state index in [9.17, 15) is 0 Å². The summed E-state index contributed by atoms with van der Waals surface area (Å²) in [5, 5.41) is 0. The molecule has 0 aliphatic heterocycles. The number of aliphatic imine (C=N–C) groups is 1. The van der Waals surface area contributed by atoms with Crippen LogP contribution in [0.5, 0.6) is 0 Å². The van der Waals surface area contributed by atoms with Crippen molar-refractivity contribution in [3.63, 3.8) is 0 Å². The van der Waals surface area contributed by atoms with E-state index >= 15 is 0 Å². The molecule has 2 N–H and O–H groups in total. The molecule has 0 radical (unpaired) electrons. The summed E-state index contributed by atoms with van der Waals surface area (Å²) in [5.74, 6) is 0.879. The molecule has 116 valence electrons. The van der Waals surface area contributed by atoms with Gasteiger partial charge in [-0.05, 0) is 57.6 Å². The van der Waals surface area contributed by atoms with Crippen LogP contribution in [-0.4, -0.2) is 18.8 Å². The fraction of sp³-hybridized carbons (Fsp3) is 0.579. The quantitative estimate of drug-likeness (QED) is 0.376. The second-order valence-corrected chi connectivity index (χ2v) is 5.90. The first-order valence-electron chi connectivity index (χ1n) is 8.10. The molecule has 0 unspecified atom stereocenters. The average Bonchev–Trinajstić information content (AvgIpc) is 3.28. The summed E-state index contributed by atoms with van der Waals surface area (Å²) in [5.41, 5.74) is 12.5. The zero-order valence-electron chi connectivity index (χ0n) is 13.9. The number of hydrogen-bond donors (Lipinski definition) is 1. The normalized spacial score (nSPS) is 16.7. The molecule has 1 aliphatic rings. The van der Waals surface area contributed by atoms with E-state index in [-0.39, 0.29) is 0 Å². The van der Waals surface area contributed by atoms with Gasteiger partial charge in [0, 0.05) is 25.2 Å². The molecule has 0 spiro atoms. The third kappa shape index (κ3) is 9.23. The van der Waals surface area contributed by atoms with Crippen molar-refractivity contribution >= 4 is 5.71 Å². The summed E-state index contributed by atoms with van der Waals surface area (Å²) in [6.45, 7) is 8.11. The summed E-state index contributed by atoms with van der Waals surface area (Å²) in [6, 6.07) is 0. The fourth-order valence-corrected chi connectivity index (χ4v) is 2.04. The summed E-state index contributed by atoms with van der Waals surface area (Å²) in [7, 11) is 0. The third-order valence-corrected chi connectivity index (χ3v) is 3.63. The Labute approximate surface area is 130 Å². The lowest BCUT2D eigenvalue weighted by molar-refractivity contribution is 0.844. The maximum atomic E-state index is 5.40. The van der Waals surface area contributed by atoms with Gasteiger partial charge >= 0.3 is 0 Å². The van der Waals surface area contributed by atoms with Crippen LogP contribution in [0, 0.1) is 5.92 Å². The fourth-order valence-electron chi connectivity index (χ4n) is 2.04. The molecular formula is C19H30N2. The molecule has 2 heteroatoms. The van der Waals surface area contributed by atoms with Gasteiger partial charge in [0.25, 0.3) is 0 Å². The van der Waals surface area contributed by atoms with Crippen LogP contribution in [0.25, 0.3) is 0 Å². The van der Waals surface area contributed by atoms with Gasteiger partial charge in [0.05, 0.1) is 0 Å². The Morgan fingerprint density at radius 2 is 2.00 bits per heavy atom. The van der Waals surface area contributed by atoms with Crippen molar-refractivity contribution < 1.29 is 0 Å². The number of hydrogen-bond acceptors (Lipinski definition) is 2. The maximum Gasteiger partial charge on any atom is 0.0416 e. The Morgan fingerprint density at radius 3 is 2.62 bits per heavy atom. The Balaban J connectivity index is 2.47. The van der Waals surface area contributed by atoms with Crippen LogP contribution >= 0.6 is 0 Å². The van der Waals surface area contributed by atoms with Crippen molar-refractivity contribution in [3.05, 3.63) is 41.2 Å². The minimum absolute atomic E-state index is 0.556. The Morgan fingerprint density at radius 1 is 1.24 bits per heavy atom. The molecule has 1 aliphatic carbocycles. The number of nitrogens with two attached hydrogens (primary N) is 1. The predicted octanol–water partition coefficient (Wildman–Crippen LogP) is 4.59. The van der Waals surface area contributed by atoms with E-state index in [2.05, 4.69) is 43.6 Å². The van der Waals surface area contributed by atoms with Crippen LogP contribution < -0.4 is 5.73 Å². The molecule has 1 rings (SSSR count). The topological polar surface area (TPSA) is 38.4 Å². The highest BCUT2D eigenvalue weighted by Crippen LogP contribution is 2.28. The number of nitrogens with zero attached hydrogens (tertiary/aromatic N) is 1. The van der Waals surface area contributed by atoms with E-state index in [0.29, 0.717) is 6.54 Å². The van der Waals surface area contributed by atoms with Crippen LogP contribution in [0.2, 0.25) is 0 Å². The summed E-state index contributed by atoms with van der Waals surface area (Å²) in [4.78, 5) is 4.67. The number of rotatable bonds is 9. The first-order valence-corrected chi connectivity index (χ1v) is 8.10. The van der Waals surface area contributed by atoms with E-state index in [1.54, 1.807) is 0 Å². The van der Waals surface area contributed by atoms with Gasteiger partial charge in [-0.1, -0.05) is 30.2 Å². The van der Waals surface area contributed by atoms with E-state index in [1.807, 2.05) is 12.2 Å². The van der Waals surface area contributed by atoms with Gasteiger partial charge in [0.2, 0.25) is 0 Å². The molecule has 1 fully saturated rings. The smallest absolute Gasteiger partial charge is 0.0416 e. The Kier molecular flexibility index (Phi) is 8.73. The zero-order valence-corrected chi connectivity index (χ0v) is 13.9. The highest BCUT2D eigenvalue weighted by atomic mass is 14.7. The lowest BCUT2D eigenvalue weighted by Gasteiger charge is -2.02. The molecule has 0 aromatic rings. The van der Waals surface area contributed by atoms with Crippen molar-refractivity contribution in [1.82, 2.24) is 0 Å². The van der Waals surface area contributed by atoms with E-state index < -0.39 is 0 Å². The lowest BCUT2D eigenvalue weighted by Crippen LogP contribution is -1.95. The predicted molar refractivity (Wildman–Crippen MR) is 93.8 cm³/mol. The van der Waals surface area contributed by atoms with Gasteiger partial charge in [0.1, 0.15) is 0 Å². The van der Waals surface area contributed by atoms with Gasteiger partial charge in [-0.25, -0.2) is 0 Å². The summed E-state index contributed by atoms with van der Waals surface area (Å²) < 4.78 is 0. The van der Waals surface area contributed by atoms with Crippen molar-refractivity contribution in [1.29, 1.82) is 0 Å². The number of allylic oxidation sites excluding steroid dienone is 4. The SMILES string of the molecule is CC/C(=C\C=C(\C)CC(C)=NCC1CC1)CC=C=CCN. The average molecular weight is 286 g/mol. The van der Waals surface area contributed by atoms with E-state index in [1.165, 1.54) is 29.7 Å². The molecule has 21 heavy (non-hydrogen) atoms. The third-order valence-electron chi connectivity index (χ3n) is 3.63. The monoisotopic (exact) mass is 286 g/mol. The molecular weight excluding hydrogens is 256 g/mol. The van der Waals surface area contributed by atoms with Crippen molar-refractivity contribution in [2.45, 2.75) is 52.9 Å². The first-order chi connectivity index (χ1) is 10.2. The minimum atomic E-state index is 0.556. The molecule has 2 nitrogen and oxygen atoms in total. The van der Waals surface area contributed by atoms with E-state index in [0.717, 1.165) is 31.7 Å². The minimum Gasteiger partial charge on any atom is -0.326 e. The highest BCUT2D eigenvalue weighted by Gasteiger charge is 2.20. The standard InChI is InChI=1S/C19H30N2/c1-4-18(8-6-5-7-13-20)10-9-16(2)14-17(3)21-15-19-11-12-19/h6-7,9-10,19H,4,8,11-15,20H2,1-3H3/b16-9-,18-10+,21-17?. The lowest BCUT2D eigenvalue weighted by atomic mass is 10.1. The molecule has 0 amide bonds. The Bertz CT molecular complexity index is 456. The zero-order chi connectivity index (χ0) is 15.5. The molecule has 0 bridgehead atoms. The van der Waals surface area contributed by atoms with Crippen molar-refractivity contribution in [2.75, 3.05) is 13.1 Å². The second kappa shape index (κ2) is 10.4.